The highest BCUT2D eigenvalue weighted by Crippen LogP contribution is 2.26. The first kappa shape index (κ1) is 23.1. The van der Waals surface area contributed by atoms with Gasteiger partial charge in [0, 0.05) is 48.0 Å². The summed E-state index contributed by atoms with van der Waals surface area (Å²) in [6, 6.07) is 21.9. The number of nitrogens with one attached hydrogen (secondary N) is 1. The molecular formula is C28H28N4O2S. The predicted octanol–water partition coefficient (Wildman–Crippen LogP) is 5.52. The number of rotatable bonds is 4. The minimum atomic E-state index is -0.268. The summed E-state index contributed by atoms with van der Waals surface area (Å²) >= 11 is 1.31. The number of amides is 2. The number of aromatic nitrogens is 1. The molecule has 4 aromatic rings. The molecule has 1 fully saturated rings. The summed E-state index contributed by atoms with van der Waals surface area (Å²) < 4.78 is 5.32. The van der Waals surface area contributed by atoms with Crippen LogP contribution in [0.1, 0.15) is 38.9 Å². The quantitative estimate of drug-likeness (QED) is 0.414. The van der Waals surface area contributed by atoms with Crippen LogP contribution in [0.2, 0.25) is 0 Å². The van der Waals surface area contributed by atoms with E-state index in [0.717, 1.165) is 22.2 Å². The predicted molar refractivity (Wildman–Crippen MR) is 143 cm³/mol. The van der Waals surface area contributed by atoms with Crippen molar-refractivity contribution < 1.29 is 9.59 Å². The summed E-state index contributed by atoms with van der Waals surface area (Å²) in [5, 5.41) is 3.81. The minimum absolute atomic E-state index is 0.0182. The van der Waals surface area contributed by atoms with Gasteiger partial charge < -0.3 is 15.1 Å². The number of hydrogen-bond acceptors (Lipinski definition) is 5. The van der Waals surface area contributed by atoms with E-state index in [2.05, 4.69) is 52.7 Å². The Morgan fingerprint density at radius 1 is 1.00 bits per heavy atom. The number of carbonyl (C=O) groups is 2. The van der Waals surface area contributed by atoms with Gasteiger partial charge in [0.1, 0.15) is 5.69 Å². The molecule has 1 aromatic heterocycles. The Bertz CT molecular complexity index is 1410. The van der Waals surface area contributed by atoms with E-state index in [0.29, 0.717) is 30.0 Å². The van der Waals surface area contributed by atoms with E-state index in [4.69, 9.17) is 0 Å². The highest BCUT2D eigenvalue weighted by atomic mass is 32.1. The van der Waals surface area contributed by atoms with Gasteiger partial charge in [0.2, 0.25) is 0 Å². The number of carbonyl (C=O) groups excluding carboxylic acids is 2. The van der Waals surface area contributed by atoms with Gasteiger partial charge >= 0.3 is 0 Å². The first-order chi connectivity index (χ1) is 16.9. The molecular weight excluding hydrogens is 456 g/mol. The molecule has 1 unspecified atom stereocenters. The Morgan fingerprint density at radius 3 is 2.63 bits per heavy atom. The van der Waals surface area contributed by atoms with E-state index >= 15 is 0 Å². The molecule has 1 atom stereocenters. The third-order valence-electron chi connectivity index (χ3n) is 6.57. The van der Waals surface area contributed by atoms with Crippen LogP contribution in [0.25, 0.3) is 10.1 Å². The molecule has 5 rings (SSSR count). The number of aryl methyl sites for hydroxylation is 2. The largest absolute Gasteiger partial charge is 0.365 e. The number of benzene rings is 3. The lowest BCUT2D eigenvalue weighted by Gasteiger charge is -2.41. The lowest BCUT2D eigenvalue weighted by molar-refractivity contribution is 0.0726. The molecule has 0 spiro atoms. The number of piperazine rings is 1. The van der Waals surface area contributed by atoms with E-state index < -0.39 is 0 Å². The van der Waals surface area contributed by atoms with E-state index in [-0.39, 0.29) is 17.9 Å². The van der Waals surface area contributed by atoms with E-state index in [1.165, 1.54) is 22.8 Å². The molecule has 1 N–H and O–H groups in total. The van der Waals surface area contributed by atoms with Crippen molar-refractivity contribution in [1.82, 2.24) is 9.27 Å². The average Bonchev–Trinajstić information content (AvgIpc) is 3.29. The second-order valence-corrected chi connectivity index (χ2v) is 9.95. The Balaban J connectivity index is 1.31. The van der Waals surface area contributed by atoms with Crippen molar-refractivity contribution in [2.75, 3.05) is 29.9 Å². The van der Waals surface area contributed by atoms with Crippen LogP contribution in [0.3, 0.4) is 0 Å². The van der Waals surface area contributed by atoms with Crippen molar-refractivity contribution in [3.63, 3.8) is 0 Å². The van der Waals surface area contributed by atoms with Crippen molar-refractivity contribution in [1.29, 1.82) is 0 Å². The zero-order chi connectivity index (χ0) is 24.5. The summed E-state index contributed by atoms with van der Waals surface area (Å²) in [7, 11) is 0. The van der Waals surface area contributed by atoms with Gasteiger partial charge in [-0.1, -0.05) is 36.4 Å². The summed E-state index contributed by atoms with van der Waals surface area (Å²) in [4.78, 5) is 30.6. The molecule has 0 bridgehead atoms. The summed E-state index contributed by atoms with van der Waals surface area (Å²) in [5.41, 5.74) is 4.93. The van der Waals surface area contributed by atoms with E-state index in [1.807, 2.05) is 48.2 Å². The Labute approximate surface area is 209 Å². The van der Waals surface area contributed by atoms with Crippen LogP contribution >= 0.6 is 11.5 Å². The van der Waals surface area contributed by atoms with E-state index in [1.54, 1.807) is 6.07 Å². The fraction of sp³-hybridized carbons (Fsp3) is 0.250. The number of nitrogens with zero attached hydrogens (tertiary/aromatic N) is 3. The van der Waals surface area contributed by atoms with Gasteiger partial charge in [-0.15, -0.1) is 0 Å². The molecule has 7 heteroatoms. The van der Waals surface area contributed by atoms with Gasteiger partial charge in [0.25, 0.3) is 11.8 Å². The van der Waals surface area contributed by atoms with Crippen LogP contribution in [-0.2, 0) is 0 Å². The van der Waals surface area contributed by atoms with Crippen LogP contribution in [0.5, 0.6) is 0 Å². The molecule has 2 heterocycles. The lowest BCUT2D eigenvalue weighted by Crippen LogP contribution is -2.53. The van der Waals surface area contributed by atoms with Gasteiger partial charge in [-0.05, 0) is 73.8 Å². The maximum absolute atomic E-state index is 13.4. The maximum atomic E-state index is 13.4. The monoisotopic (exact) mass is 484 g/mol. The first-order valence-electron chi connectivity index (χ1n) is 11.8. The first-order valence-corrected chi connectivity index (χ1v) is 12.6. The Hall–Kier alpha value is -3.71. The molecule has 178 valence electrons. The normalized spacial score (nSPS) is 15.9. The highest BCUT2D eigenvalue weighted by Gasteiger charge is 2.28. The average molecular weight is 485 g/mol. The van der Waals surface area contributed by atoms with Crippen LogP contribution in [0, 0.1) is 13.8 Å². The van der Waals surface area contributed by atoms with Crippen LogP contribution < -0.4 is 10.2 Å². The lowest BCUT2D eigenvalue weighted by atomic mass is 10.1. The topological polar surface area (TPSA) is 65.5 Å². The molecule has 0 radical (unpaired) electrons. The van der Waals surface area contributed by atoms with Crippen molar-refractivity contribution in [2.24, 2.45) is 0 Å². The molecule has 1 aliphatic heterocycles. The third kappa shape index (κ3) is 4.64. The minimum Gasteiger partial charge on any atom is -0.365 e. The Morgan fingerprint density at radius 2 is 1.83 bits per heavy atom. The smallest absolute Gasteiger partial charge is 0.276 e. The number of anilines is 2. The standard InChI is InChI=1S/C28H28N4O2S/c1-18-7-6-8-22(15-18)32-14-13-31(17-20(32)3)28(34)21-12-11-19(2)24(16-21)29-27(33)26-23-9-4-5-10-25(23)35-30-26/h4-12,15-16,20H,13-14,17H2,1-3H3,(H,29,33). The fourth-order valence-corrected chi connectivity index (χ4v) is 5.41. The van der Waals surface area contributed by atoms with Gasteiger partial charge in [-0.2, -0.15) is 4.37 Å². The molecule has 1 aliphatic rings. The second-order valence-electron chi connectivity index (χ2n) is 9.14. The molecule has 35 heavy (non-hydrogen) atoms. The zero-order valence-corrected chi connectivity index (χ0v) is 20.9. The van der Waals surface area contributed by atoms with Gasteiger partial charge in [-0.25, -0.2) is 0 Å². The molecule has 0 aliphatic carbocycles. The van der Waals surface area contributed by atoms with Crippen molar-refractivity contribution in [3.05, 3.63) is 89.1 Å². The zero-order valence-electron chi connectivity index (χ0n) is 20.1. The van der Waals surface area contributed by atoms with Crippen molar-refractivity contribution >= 4 is 44.8 Å². The summed E-state index contributed by atoms with van der Waals surface area (Å²) in [6.07, 6.45) is 0. The second kappa shape index (κ2) is 9.50. The fourth-order valence-electron chi connectivity index (χ4n) is 4.64. The molecule has 3 aromatic carbocycles. The third-order valence-corrected chi connectivity index (χ3v) is 7.40. The molecule has 1 saturated heterocycles. The van der Waals surface area contributed by atoms with Crippen molar-refractivity contribution in [2.45, 2.75) is 26.8 Å². The molecule has 0 saturated carbocycles. The highest BCUT2D eigenvalue weighted by molar-refractivity contribution is 7.13. The summed E-state index contributed by atoms with van der Waals surface area (Å²) in [6.45, 7) is 8.25. The summed E-state index contributed by atoms with van der Waals surface area (Å²) in [5.74, 6) is -0.286. The Kier molecular flexibility index (Phi) is 6.26. The molecule has 6 nitrogen and oxygen atoms in total. The van der Waals surface area contributed by atoms with Crippen LogP contribution in [0.15, 0.2) is 66.7 Å². The number of hydrogen-bond donors (Lipinski definition) is 1. The van der Waals surface area contributed by atoms with E-state index in [9.17, 15) is 9.59 Å². The van der Waals surface area contributed by atoms with Crippen molar-refractivity contribution in [3.8, 4) is 0 Å². The van der Waals surface area contributed by atoms with Crippen LogP contribution in [0.4, 0.5) is 11.4 Å². The van der Waals surface area contributed by atoms with Gasteiger partial charge in [-0.3, -0.25) is 9.59 Å². The van der Waals surface area contributed by atoms with Gasteiger partial charge in [0.15, 0.2) is 0 Å². The SMILES string of the molecule is Cc1cccc(N2CCN(C(=O)c3ccc(C)c(NC(=O)c4nsc5ccccc45)c3)CC2C)c1. The van der Waals surface area contributed by atoms with Gasteiger partial charge in [0.05, 0.1) is 4.70 Å². The number of fused-ring (bicyclic) bond motifs is 1. The maximum Gasteiger partial charge on any atom is 0.276 e. The van der Waals surface area contributed by atoms with Crippen LogP contribution in [-0.4, -0.2) is 46.8 Å². The molecule has 2 amide bonds.